The lowest BCUT2D eigenvalue weighted by molar-refractivity contribution is -0.141. The van der Waals surface area contributed by atoms with Crippen LogP contribution in [0.2, 0.25) is 0 Å². The van der Waals surface area contributed by atoms with Crippen LogP contribution in [0.5, 0.6) is 5.75 Å². The molecule has 0 aliphatic carbocycles. The van der Waals surface area contributed by atoms with Gasteiger partial charge in [-0.25, -0.2) is 4.79 Å². The Morgan fingerprint density at radius 2 is 1.91 bits per heavy atom. The number of carbonyl (C=O) groups is 3. The third-order valence-electron chi connectivity index (χ3n) is 2.80. The zero-order valence-electron chi connectivity index (χ0n) is 12.8. The number of amides is 2. The standard InChI is InChI=1S/C16H20N2O5/c1-2-3-9-13(16(21)22)18-14(19)10-17-15(20)11-23-12-7-5-4-6-8-12/h2-8,13H,9-11H2,1H3,(H,17,20)(H,18,19)(H,21,22)/b3-2+. The molecule has 7 heteroatoms. The third kappa shape index (κ3) is 7.66. The van der Waals surface area contributed by atoms with E-state index >= 15 is 0 Å². The second-order valence-electron chi connectivity index (χ2n) is 4.64. The summed E-state index contributed by atoms with van der Waals surface area (Å²) in [6.45, 7) is 1.22. The van der Waals surface area contributed by atoms with Gasteiger partial charge < -0.3 is 20.5 Å². The van der Waals surface area contributed by atoms with Crippen molar-refractivity contribution in [2.75, 3.05) is 13.2 Å². The minimum atomic E-state index is -1.13. The molecule has 7 nitrogen and oxygen atoms in total. The first-order valence-electron chi connectivity index (χ1n) is 7.10. The number of allylic oxidation sites excluding steroid dienone is 1. The molecule has 0 bridgehead atoms. The normalized spacial score (nSPS) is 11.7. The van der Waals surface area contributed by atoms with E-state index in [2.05, 4.69) is 10.6 Å². The summed E-state index contributed by atoms with van der Waals surface area (Å²) in [6.07, 6.45) is 3.53. The summed E-state index contributed by atoms with van der Waals surface area (Å²) in [5, 5.41) is 13.7. The van der Waals surface area contributed by atoms with Gasteiger partial charge in [0.1, 0.15) is 11.8 Å². The summed E-state index contributed by atoms with van der Waals surface area (Å²) >= 11 is 0. The number of benzene rings is 1. The van der Waals surface area contributed by atoms with Crippen LogP contribution in [-0.2, 0) is 14.4 Å². The van der Waals surface area contributed by atoms with Crippen molar-refractivity contribution in [2.24, 2.45) is 0 Å². The van der Waals surface area contributed by atoms with Crippen molar-refractivity contribution in [1.82, 2.24) is 10.6 Å². The average molecular weight is 320 g/mol. The quantitative estimate of drug-likeness (QED) is 0.581. The van der Waals surface area contributed by atoms with Crippen molar-refractivity contribution >= 4 is 17.8 Å². The fraction of sp³-hybridized carbons (Fsp3) is 0.312. The Bertz CT molecular complexity index is 557. The van der Waals surface area contributed by atoms with Gasteiger partial charge in [-0.15, -0.1) is 0 Å². The summed E-state index contributed by atoms with van der Waals surface area (Å²) < 4.78 is 5.23. The van der Waals surface area contributed by atoms with Crippen molar-refractivity contribution in [1.29, 1.82) is 0 Å². The maximum absolute atomic E-state index is 11.6. The summed E-state index contributed by atoms with van der Waals surface area (Å²) in [4.78, 5) is 34.2. The Balaban J connectivity index is 2.31. The molecule has 1 rings (SSSR count). The van der Waals surface area contributed by atoms with Gasteiger partial charge in [-0.2, -0.15) is 0 Å². The first kappa shape index (κ1) is 18.2. The van der Waals surface area contributed by atoms with Gasteiger partial charge in [-0.1, -0.05) is 30.4 Å². The van der Waals surface area contributed by atoms with Crippen molar-refractivity contribution < 1.29 is 24.2 Å². The van der Waals surface area contributed by atoms with E-state index in [1.54, 1.807) is 43.3 Å². The molecule has 0 aliphatic rings. The number of para-hydroxylation sites is 1. The van der Waals surface area contributed by atoms with Crippen LogP contribution < -0.4 is 15.4 Å². The monoisotopic (exact) mass is 320 g/mol. The van der Waals surface area contributed by atoms with E-state index in [0.29, 0.717) is 5.75 Å². The zero-order valence-corrected chi connectivity index (χ0v) is 12.8. The maximum Gasteiger partial charge on any atom is 0.326 e. The highest BCUT2D eigenvalue weighted by molar-refractivity contribution is 5.88. The molecule has 1 aromatic rings. The predicted molar refractivity (Wildman–Crippen MR) is 83.9 cm³/mol. The van der Waals surface area contributed by atoms with Crippen LogP contribution in [0.15, 0.2) is 42.5 Å². The number of ether oxygens (including phenoxy) is 1. The Morgan fingerprint density at radius 1 is 1.22 bits per heavy atom. The molecule has 1 unspecified atom stereocenters. The van der Waals surface area contributed by atoms with Crippen LogP contribution in [0.3, 0.4) is 0 Å². The van der Waals surface area contributed by atoms with Crippen LogP contribution in [0.4, 0.5) is 0 Å². The number of carboxylic acid groups (broad SMARTS) is 1. The molecule has 0 fully saturated rings. The molecule has 0 aliphatic heterocycles. The van der Waals surface area contributed by atoms with Crippen LogP contribution in [0.1, 0.15) is 13.3 Å². The Hall–Kier alpha value is -2.83. The van der Waals surface area contributed by atoms with Crippen LogP contribution in [0.25, 0.3) is 0 Å². The average Bonchev–Trinajstić information content (AvgIpc) is 2.55. The van der Waals surface area contributed by atoms with E-state index in [-0.39, 0.29) is 19.6 Å². The lowest BCUT2D eigenvalue weighted by Gasteiger charge is -2.13. The zero-order chi connectivity index (χ0) is 17.1. The molecule has 23 heavy (non-hydrogen) atoms. The van der Waals surface area contributed by atoms with E-state index in [4.69, 9.17) is 9.84 Å². The Labute approximate surface area is 134 Å². The van der Waals surface area contributed by atoms with Crippen molar-refractivity contribution in [3.05, 3.63) is 42.5 Å². The molecule has 1 atom stereocenters. The van der Waals surface area contributed by atoms with Crippen molar-refractivity contribution in [3.8, 4) is 5.75 Å². The molecular weight excluding hydrogens is 300 g/mol. The number of aliphatic carboxylic acids is 1. The number of nitrogens with one attached hydrogen (secondary N) is 2. The summed E-state index contributed by atoms with van der Waals surface area (Å²) in [5.41, 5.74) is 0. The lowest BCUT2D eigenvalue weighted by Crippen LogP contribution is -2.45. The van der Waals surface area contributed by atoms with E-state index in [0.717, 1.165) is 0 Å². The van der Waals surface area contributed by atoms with Gasteiger partial charge in [-0.05, 0) is 25.5 Å². The lowest BCUT2D eigenvalue weighted by atomic mass is 10.2. The highest BCUT2D eigenvalue weighted by atomic mass is 16.5. The fourth-order valence-corrected chi connectivity index (χ4v) is 1.63. The maximum atomic E-state index is 11.6. The van der Waals surface area contributed by atoms with Crippen LogP contribution in [-0.4, -0.2) is 42.1 Å². The first-order chi connectivity index (χ1) is 11.0. The molecule has 0 spiro atoms. The summed E-state index contributed by atoms with van der Waals surface area (Å²) in [6, 6.07) is 7.77. The summed E-state index contributed by atoms with van der Waals surface area (Å²) in [5.74, 6) is -1.63. The number of rotatable bonds is 9. The number of hydrogen-bond donors (Lipinski definition) is 3. The molecule has 0 radical (unpaired) electrons. The van der Waals surface area contributed by atoms with Gasteiger partial charge in [0.05, 0.1) is 6.54 Å². The first-order valence-corrected chi connectivity index (χ1v) is 7.10. The molecule has 0 saturated heterocycles. The molecule has 124 valence electrons. The second kappa shape index (κ2) is 9.99. The van der Waals surface area contributed by atoms with E-state index in [1.165, 1.54) is 0 Å². The van der Waals surface area contributed by atoms with Crippen LogP contribution >= 0.6 is 0 Å². The molecule has 3 N–H and O–H groups in total. The topological polar surface area (TPSA) is 105 Å². The molecule has 0 saturated carbocycles. The largest absolute Gasteiger partial charge is 0.484 e. The molecule has 0 aromatic heterocycles. The predicted octanol–water partition coefficient (Wildman–Crippen LogP) is 0.717. The fourth-order valence-electron chi connectivity index (χ4n) is 1.63. The molecular formula is C16H20N2O5. The van der Waals surface area contributed by atoms with Gasteiger partial charge in [0, 0.05) is 0 Å². The van der Waals surface area contributed by atoms with Gasteiger partial charge >= 0.3 is 5.97 Å². The van der Waals surface area contributed by atoms with E-state index in [9.17, 15) is 14.4 Å². The SMILES string of the molecule is C/C=C/CC(NC(=O)CNC(=O)COc1ccccc1)C(=O)O. The smallest absolute Gasteiger partial charge is 0.326 e. The number of carboxylic acids is 1. The second-order valence-corrected chi connectivity index (χ2v) is 4.64. The highest BCUT2D eigenvalue weighted by Gasteiger charge is 2.18. The molecule has 1 aromatic carbocycles. The van der Waals surface area contributed by atoms with Gasteiger partial charge in [-0.3, -0.25) is 9.59 Å². The van der Waals surface area contributed by atoms with Crippen molar-refractivity contribution in [3.63, 3.8) is 0 Å². The minimum Gasteiger partial charge on any atom is -0.484 e. The molecule has 0 heterocycles. The number of hydrogen-bond acceptors (Lipinski definition) is 4. The van der Waals surface area contributed by atoms with Gasteiger partial charge in [0.15, 0.2) is 6.61 Å². The van der Waals surface area contributed by atoms with Crippen molar-refractivity contribution in [2.45, 2.75) is 19.4 Å². The Morgan fingerprint density at radius 3 is 2.52 bits per heavy atom. The van der Waals surface area contributed by atoms with Crippen LogP contribution in [0, 0.1) is 0 Å². The van der Waals surface area contributed by atoms with Gasteiger partial charge in [0.2, 0.25) is 5.91 Å². The summed E-state index contributed by atoms with van der Waals surface area (Å²) in [7, 11) is 0. The number of carbonyl (C=O) groups excluding carboxylic acids is 2. The molecule has 2 amide bonds. The highest BCUT2D eigenvalue weighted by Crippen LogP contribution is 2.07. The van der Waals surface area contributed by atoms with Gasteiger partial charge in [0.25, 0.3) is 5.91 Å². The van der Waals surface area contributed by atoms with E-state index in [1.807, 2.05) is 6.07 Å². The minimum absolute atomic E-state index is 0.183. The third-order valence-corrected chi connectivity index (χ3v) is 2.80. The van der Waals surface area contributed by atoms with E-state index < -0.39 is 23.8 Å². The Kier molecular flexibility index (Phi) is 7.91.